The van der Waals surface area contributed by atoms with Crippen molar-refractivity contribution in [1.29, 1.82) is 0 Å². The van der Waals surface area contributed by atoms with Crippen molar-refractivity contribution in [2.45, 2.75) is 25.7 Å². The fraction of sp³-hybridized carbons (Fsp3) is 0.261. The summed E-state index contributed by atoms with van der Waals surface area (Å²) in [5, 5.41) is 1.04. The first-order chi connectivity index (χ1) is 13.6. The SMILES string of the molecule is CC1CCCN(C)c2cc3oc(-c4ccc(F)cc4)c(-c4ncc[nH]4)c3cc21. The van der Waals surface area contributed by atoms with Gasteiger partial charge in [0.15, 0.2) is 0 Å². The van der Waals surface area contributed by atoms with Gasteiger partial charge in [-0.05, 0) is 54.7 Å². The van der Waals surface area contributed by atoms with Gasteiger partial charge in [0.05, 0.1) is 5.56 Å². The molecule has 1 atom stereocenters. The number of nitrogens with zero attached hydrogens (tertiary/aromatic N) is 2. The summed E-state index contributed by atoms with van der Waals surface area (Å²) in [5.74, 6) is 1.69. The van der Waals surface area contributed by atoms with Gasteiger partial charge in [-0.3, -0.25) is 0 Å². The lowest BCUT2D eigenvalue weighted by atomic mass is 9.93. The lowest BCUT2D eigenvalue weighted by molar-refractivity contribution is 0.623. The molecule has 1 aliphatic heterocycles. The molecular formula is C23H22FN3O. The molecule has 4 nitrogen and oxygen atoms in total. The maximum Gasteiger partial charge on any atom is 0.146 e. The molecule has 0 saturated heterocycles. The van der Waals surface area contributed by atoms with Gasteiger partial charge >= 0.3 is 0 Å². The van der Waals surface area contributed by atoms with E-state index in [0.29, 0.717) is 11.7 Å². The first-order valence-corrected chi connectivity index (χ1v) is 9.69. The summed E-state index contributed by atoms with van der Waals surface area (Å²) in [6, 6.07) is 10.8. The van der Waals surface area contributed by atoms with Gasteiger partial charge in [0.25, 0.3) is 0 Å². The number of H-pyrrole nitrogens is 1. The number of aromatic nitrogens is 2. The smallest absolute Gasteiger partial charge is 0.146 e. The van der Waals surface area contributed by atoms with E-state index in [1.807, 2.05) is 6.20 Å². The summed E-state index contributed by atoms with van der Waals surface area (Å²) in [5.41, 5.74) is 5.15. The Kier molecular flexibility index (Phi) is 3.97. The predicted molar refractivity (Wildman–Crippen MR) is 110 cm³/mol. The Morgan fingerprint density at radius 1 is 1.21 bits per heavy atom. The highest BCUT2D eigenvalue weighted by molar-refractivity contribution is 6.02. The average Bonchev–Trinajstić information content (AvgIpc) is 3.31. The van der Waals surface area contributed by atoms with Crippen LogP contribution in [0.15, 0.2) is 53.2 Å². The van der Waals surface area contributed by atoms with Crippen LogP contribution in [0.2, 0.25) is 0 Å². The number of hydrogen-bond acceptors (Lipinski definition) is 3. The molecule has 1 N–H and O–H groups in total. The maximum atomic E-state index is 13.5. The Hall–Kier alpha value is -3.08. The van der Waals surface area contributed by atoms with Crippen molar-refractivity contribution in [3.8, 4) is 22.7 Å². The predicted octanol–water partition coefficient (Wildman–Crippen LogP) is 5.96. The minimum atomic E-state index is -0.262. The van der Waals surface area contributed by atoms with Crippen LogP contribution in [0.4, 0.5) is 10.1 Å². The number of anilines is 1. The molecule has 0 spiro atoms. The molecule has 0 amide bonds. The molecule has 2 aromatic carbocycles. The molecule has 0 bridgehead atoms. The Bertz CT molecular complexity index is 1130. The number of halogens is 1. The van der Waals surface area contributed by atoms with Gasteiger partial charge in [-0.15, -0.1) is 0 Å². The summed E-state index contributed by atoms with van der Waals surface area (Å²) in [6.45, 7) is 3.33. The van der Waals surface area contributed by atoms with Gasteiger partial charge in [0.2, 0.25) is 0 Å². The standard InChI is InChI=1S/C23H22FN3O/c1-14-4-3-11-27(2)19-13-20-18(12-17(14)19)21(23-25-9-10-26-23)22(28-20)15-5-7-16(24)8-6-15/h5-10,12-14H,3-4,11H2,1-2H3,(H,25,26). The molecule has 1 aliphatic rings. The van der Waals surface area contributed by atoms with Crippen molar-refractivity contribution in [1.82, 2.24) is 9.97 Å². The lowest BCUT2D eigenvalue weighted by Crippen LogP contribution is -2.17. The molecule has 0 fully saturated rings. The van der Waals surface area contributed by atoms with E-state index in [-0.39, 0.29) is 5.82 Å². The number of rotatable bonds is 2. The van der Waals surface area contributed by atoms with Crippen molar-refractivity contribution < 1.29 is 8.81 Å². The zero-order chi connectivity index (χ0) is 19.3. The molecule has 5 rings (SSSR count). The molecular weight excluding hydrogens is 353 g/mol. The van der Waals surface area contributed by atoms with E-state index in [4.69, 9.17) is 4.42 Å². The normalized spacial score (nSPS) is 17.0. The van der Waals surface area contributed by atoms with Gasteiger partial charge in [-0.1, -0.05) is 6.92 Å². The summed E-state index contributed by atoms with van der Waals surface area (Å²) in [7, 11) is 2.14. The van der Waals surface area contributed by atoms with Crippen molar-refractivity contribution in [3.63, 3.8) is 0 Å². The number of hydrogen-bond donors (Lipinski definition) is 1. The van der Waals surface area contributed by atoms with E-state index in [1.165, 1.54) is 36.2 Å². The highest BCUT2D eigenvalue weighted by atomic mass is 19.1. The Morgan fingerprint density at radius 2 is 2.04 bits per heavy atom. The highest BCUT2D eigenvalue weighted by Gasteiger charge is 2.25. The van der Waals surface area contributed by atoms with Crippen LogP contribution in [0.1, 0.15) is 31.2 Å². The molecule has 5 heteroatoms. The van der Waals surface area contributed by atoms with Crippen LogP contribution < -0.4 is 4.90 Å². The Labute approximate surface area is 163 Å². The first-order valence-electron chi connectivity index (χ1n) is 9.69. The van der Waals surface area contributed by atoms with Crippen LogP contribution in [0, 0.1) is 5.82 Å². The largest absolute Gasteiger partial charge is 0.455 e. The third-order valence-electron chi connectivity index (χ3n) is 5.75. The summed E-state index contributed by atoms with van der Waals surface area (Å²) < 4.78 is 19.8. The zero-order valence-corrected chi connectivity index (χ0v) is 16.0. The van der Waals surface area contributed by atoms with E-state index >= 15 is 0 Å². The fourth-order valence-electron chi connectivity index (χ4n) is 4.23. The summed E-state index contributed by atoms with van der Waals surface area (Å²) >= 11 is 0. The van der Waals surface area contributed by atoms with Crippen molar-refractivity contribution >= 4 is 16.7 Å². The average molecular weight is 375 g/mol. The van der Waals surface area contributed by atoms with Crippen LogP contribution in [0.5, 0.6) is 0 Å². The third kappa shape index (κ3) is 2.70. The molecule has 0 radical (unpaired) electrons. The molecule has 4 aromatic rings. The van der Waals surface area contributed by atoms with Gasteiger partial charge in [0, 0.05) is 48.7 Å². The van der Waals surface area contributed by atoms with E-state index in [1.54, 1.807) is 18.3 Å². The second-order valence-corrected chi connectivity index (χ2v) is 7.62. The van der Waals surface area contributed by atoms with Gasteiger partial charge in [0.1, 0.15) is 23.0 Å². The number of fused-ring (bicyclic) bond motifs is 2. The molecule has 0 saturated carbocycles. The number of aromatic amines is 1. The first kappa shape index (κ1) is 17.0. The molecule has 0 aliphatic carbocycles. The molecule has 2 aromatic heterocycles. The van der Waals surface area contributed by atoms with Crippen molar-refractivity contribution in [2.75, 3.05) is 18.5 Å². The summed E-state index contributed by atoms with van der Waals surface area (Å²) in [4.78, 5) is 10.00. The minimum absolute atomic E-state index is 0.262. The van der Waals surface area contributed by atoms with Crippen molar-refractivity contribution in [2.24, 2.45) is 0 Å². The van der Waals surface area contributed by atoms with Crippen LogP contribution in [0.3, 0.4) is 0 Å². The number of nitrogens with one attached hydrogen (secondary N) is 1. The van der Waals surface area contributed by atoms with Crippen LogP contribution in [-0.4, -0.2) is 23.6 Å². The Morgan fingerprint density at radius 3 is 2.79 bits per heavy atom. The molecule has 142 valence electrons. The highest BCUT2D eigenvalue weighted by Crippen LogP contribution is 2.44. The maximum absolute atomic E-state index is 13.5. The zero-order valence-electron chi connectivity index (χ0n) is 16.0. The van der Waals surface area contributed by atoms with E-state index < -0.39 is 0 Å². The molecule has 1 unspecified atom stereocenters. The van der Waals surface area contributed by atoms with Gasteiger partial charge in [-0.25, -0.2) is 9.37 Å². The molecule has 3 heterocycles. The minimum Gasteiger partial charge on any atom is -0.455 e. The Balaban J connectivity index is 1.81. The lowest BCUT2D eigenvalue weighted by Gasteiger charge is -2.20. The quantitative estimate of drug-likeness (QED) is 0.470. The van der Waals surface area contributed by atoms with Gasteiger partial charge < -0.3 is 14.3 Å². The number of imidazole rings is 1. The number of benzene rings is 2. The number of furan rings is 1. The van der Waals surface area contributed by atoms with Gasteiger partial charge in [-0.2, -0.15) is 0 Å². The topological polar surface area (TPSA) is 45.1 Å². The third-order valence-corrected chi connectivity index (χ3v) is 5.75. The second kappa shape index (κ2) is 6.51. The van der Waals surface area contributed by atoms with Crippen LogP contribution in [0.25, 0.3) is 33.7 Å². The van der Waals surface area contributed by atoms with Crippen LogP contribution in [-0.2, 0) is 0 Å². The van der Waals surface area contributed by atoms with E-state index in [9.17, 15) is 4.39 Å². The summed E-state index contributed by atoms with van der Waals surface area (Å²) in [6.07, 6.45) is 5.89. The monoisotopic (exact) mass is 375 g/mol. The molecule has 28 heavy (non-hydrogen) atoms. The van der Waals surface area contributed by atoms with Crippen molar-refractivity contribution in [3.05, 3.63) is 60.2 Å². The second-order valence-electron chi connectivity index (χ2n) is 7.62. The van der Waals surface area contributed by atoms with E-state index in [0.717, 1.165) is 34.5 Å². The fourth-order valence-corrected chi connectivity index (χ4v) is 4.23. The van der Waals surface area contributed by atoms with E-state index in [2.05, 4.69) is 41.0 Å². The van der Waals surface area contributed by atoms with Crippen LogP contribution >= 0.6 is 0 Å².